The number of fused-ring (bicyclic) bond motifs is 1. The molecule has 9 heteroatoms. The van der Waals surface area contributed by atoms with Crippen LogP contribution in [0.2, 0.25) is 0 Å². The van der Waals surface area contributed by atoms with Crippen LogP contribution in [0, 0.1) is 12.7 Å². The summed E-state index contributed by atoms with van der Waals surface area (Å²) in [6.45, 7) is 1.80. The molecule has 34 heavy (non-hydrogen) atoms. The number of ether oxygens (including phenoxy) is 2. The van der Waals surface area contributed by atoms with E-state index in [1.165, 1.54) is 24.3 Å². The molecule has 1 amide bonds. The van der Waals surface area contributed by atoms with E-state index in [-0.39, 0.29) is 46.3 Å². The van der Waals surface area contributed by atoms with E-state index in [0.29, 0.717) is 16.7 Å². The van der Waals surface area contributed by atoms with Crippen LogP contribution in [0.4, 0.5) is 4.39 Å². The number of halogens is 1. The van der Waals surface area contributed by atoms with Gasteiger partial charge in [0, 0.05) is 23.8 Å². The van der Waals surface area contributed by atoms with Gasteiger partial charge in [0.15, 0.2) is 27.2 Å². The van der Waals surface area contributed by atoms with Crippen molar-refractivity contribution in [3.05, 3.63) is 88.2 Å². The summed E-state index contributed by atoms with van der Waals surface area (Å²) >= 11 is 0. The molecule has 0 spiro atoms. The largest absolute Gasteiger partial charge is 0.492 e. The van der Waals surface area contributed by atoms with E-state index in [0.717, 1.165) is 12.3 Å². The molecule has 0 aliphatic carbocycles. The van der Waals surface area contributed by atoms with Crippen molar-refractivity contribution >= 4 is 21.5 Å². The van der Waals surface area contributed by atoms with Gasteiger partial charge >= 0.3 is 0 Å². The zero-order chi connectivity index (χ0) is 24.6. The normalized spacial score (nSPS) is 14.1. The van der Waals surface area contributed by atoms with Gasteiger partial charge in [0.05, 0.1) is 17.1 Å². The lowest BCUT2D eigenvalue weighted by Gasteiger charge is -2.25. The number of carbonyl (C=O) groups excluding carboxylic acids is 2. The first-order valence-corrected chi connectivity index (χ1v) is 12.3. The number of hydrogen-bond acceptors (Lipinski definition) is 6. The molecule has 3 aromatic carbocycles. The average Bonchev–Trinajstić information content (AvgIpc) is 2.79. The second kappa shape index (κ2) is 8.90. The molecule has 176 valence electrons. The van der Waals surface area contributed by atoms with Crippen molar-refractivity contribution in [2.24, 2.45) is 5.73 Å². The average molecular weight is 484 g/mol. The molecule has 1 atom stereocenters. The summed E-state index contributed by atoms with van der Waals surface area (Å²) in [5.41, 5.74) is 7.26. The molecule has 2 N–H and O–H groups in total. The quantitative estimate of drug-likeness (QED) is 0.571. The fourth-order valence-electron chi connectivity index (χ4n) is 3.82. The highest BCUT2D eigenvalue weighted by molar-refractivity contribution is 7.90. The molecule has 1 aliphatic rings. The van der Waals surface area contributed by atoms with Crippen molar-refractivity contribution in [3.8, 4) is 11.5 Å². The lowest BCUT2D eigenvalue weighted by Crippen LogP contribution is -2.18. The van der Waals surface area contributed by atoms with Gasteiger partial charge in [-0.2, -0.15) is 0 Å². The molecule has 0 bridgehead atoms. The van der Waals surface area contributed by atoms with Crippen LogP contribution < -0.4 is 15.2 Å². The molecular formula is C25H22FNO6S. The molecule has 7 nitrogen and oxygen atoms in total. The first-order valence-electron chi connectivity index (χ1n) is 10.4. The third-order valence-corrected chi connectivity index (χ3v) is 6.76. The minimum absolute atomic E-state index is 0.0929. The Morgan fingerprint density at radius 2 is 1.68 bits per heavy atom. The Morgan fingerprint density at radius 3 is 2.24 bits per heavy atom. The zero-order valence-electron chi connectivity index (χ0n) is 18.5. The Morgan fingerprint density at radius 1 is 1.09 bits per heavy atom. The van der Waals surface area contributed by atoms with Crippen LogP contribution in [-0.4, -0.2) is 33.0 Å². The van der Waals surface area contributed by atoms with E-state index in [2.05, 4.69) is 0 Å². The number of benzene rings is 3. The number of primary amides is 1. The summed E-state index contributed by atoms with van der Waals surface area (Å²) in [6, 6.07) is 13.4. The van der Waals surface area contributed by atoms with Crippen LogP contribution in [0.15, 0.2) is 59.5 Å². The number of ketones is 1. The monoisotopic (exact) mass is 483 g/mol. The van der Waals surface area contributed by atoms with Gasteiger partial charge in [-0.05, 0) is 48.4 Å². The predicted octanol–water partition coefficient (Wildman–Crippen LogP) is 3.77. The maximum atomic E-state index is 15.1. The second-order valence-electron chi connectivity index (χ2n) is 8.04. The van der Waals surface area contributed by atoms with Crippen LogP contribution in [0.1, 0.15) is 49.9 Å². The number of hydrogen-bond donors (Lipinski definition) is 1. The highest BCUT2D eigenvalue weighted by Gasteiger charge is 2.28. The van der Waals surface area contributed by atoms with Gasteiger partial charge in [0.25, 0.3) is 0 Å². The van der Waals surface area contributed by atoms with Crippen molar-refractivity contribution in [1.82, 2.24) is 0 Å². The van der Waals surface area contributed by atoms with Crippen molar-refractivity contribution in [2.75, 3.05) is 12.9 Å². The summed E-state index contributed by atoms with van der Waals surface area (Å²) in [6.07, 6.45) is 0.417. The number of carbonyl (C=O) groups is 2. The zero-order valence-corrected chi connectivity index (χ0v) is 19.3. The smallest absolute Gasteiger partial charge is 0.248 e. The van der Waals surface area contributed by atoms with Gasteiger partial charge in [-0.25, -0.2) is 12.8 Å². The highest BCUT2D eigenvalue weighted by Crippen LogP contribution is 2.40. The maximum absolute atomic E-state index is 15.1. The lowest BCUT2D eigenvalue weighted by atomic mass is 9.98. The number of sulfone groups is 1. The van der Waals surface area contributed by atoms with Gasteiger partial charge in [-0.1, -0.05) is 24.3 Å². The van der Waals surface area contributed by atoms with E-state index < -0.39 is 27.7 Å². The first-order chi connectivity index (χ1) is 16.1. The van der Waals surface area contributed by atoms with Gasteiger partial charge < -0.3 is 15.2 Å². The topological polar surface area (TPSA) is 113 Å². The lowest BCUT2D eigenvalue weighted by molar-refractivity contribution is 0.0930. The van der Waals surface area contributed by atoms with E-state index in [4.69, 9.17) is 15.2 Å². The molecule has 0 saturated carbocycles. The van der Waals surface area contributed by atoms with Gasteiger partial charge in [0.2, 0.25) is 5.91 Å². The van der Waals surface area contributed by atoms with Crippen molar-refractivity contribution < 1.29 is 31.9 Å². The predicted molar refractivity (Wildman–Crippen MR) is 123 cm³/mol. The van der Waals surface area contributed by atoms with Crippen LogP contribution in [0.25, 0.3) is 0 Å². The molecule has 4 rings (SSSR count). The Bertz CT molecular complexity index is 1380. The Hall–Kier alpha value is -3.72. The summed E-state index contributed by atoms with van der Waals surface area (Å²) in [7, 11) is -3.41. The maximum Gasteiger partial charge on any atom is 0.248 e. The SMILES string of the molecule is Cc1c(OC(c2ccc(C(N)=O)cc2)c2ccc(S(C)(=O)=O)cc2)c(F)cc2c1OCCC2=O. The summed E-state index contributed by atoms with van der Waals surface area (Å²) in [5.74, 6) is -1.33. The van der Waals surface area contributed by atoms with E-state index in [9.17, 15) is 18.0 Å². The van der Waals surface area contributed by atoms with Gasteiger partial charge in [-0.15, -0.1) is 0 Å². The highest BCUT2D eigenvalue weighted by atomic mass is 32.2. The number of nitrogens with two attached hydrogens (primary N) is 1. The van der Waals surface area contributed by atoms with Crippen molar-refractivity contribution in [2.45, 2.75) is 24.3 Å². The number of Topliss-reactive ketones (excluding diaryl/α,β-unsaturated/α-hetero) is 1. The molecule has 0 fully saturated rings. The molecule has 1 aliphatic heterocycles. The molecule has 0 radical (unpaired) electrons. The minimum atomic E-state index is -3.41. The van der Waals surface area contributed by atoms with Crippen LogP contribution in [0.3, 0.4) is 0 Å². The van der Waals surface area contributed by atoms with E-state index >= 15 is 4.39 Å². The van der Waals surface area contributed by atoms with E-state index in [1.807, 2.05) is 0 Å². The molecule has 0 saturated heterocycles. The van der Waals surface area contributed by atoms with Crippen LogP contribution in [-0.2, 0) is 9.84 Å². The van der Waals surface area contributed by atoms with Crippen LogP contribution >= 0.6 is 0 Å². The Labute approximate surface area is 196 Å². The number of rotatable bonds is 6. The molecular weight excluding hydrogens is 461 g/mol. The Balaban J connectivity index is 1.81. The van der Waals surface area contributed by atoms with Gasteiger partial charge in [-0.3, -0.25) is 9.59 Å². The van der Waals surface area contributed by atoms with Crippen molar-refractivity contribution in [3.63, 3.8) is 0 Å². The second-order valence-corrected chi connectivity index (χ2v) is 10.1. The standard InChI is InChI=1S/C25H22FNO6S/c1-14-22-19(21(28)11-12-32-22)13-20(26)23(14)33-24(15-3-5-17(6-4-15)25(27)29)16-7-9-18(10-8-16)34(2,30)31/h3-10,13,24H,11-12H2,1-2H3,(H2,27,29). The summed E-state index contributed by atoms with van der Waals surface area (Å²) < 4.78 is 50.6. The summed E-state index contributed by atoms with van der Waals surface area (Å²) in [4.78, 5) is 23.8. The van der Waals surface area contributed by atoms with Crippen LogP contribution in [0.5, 0.6) is 11.5 Å². The number of amides is 1. The molecule has 3 aromatic rings. The van der Waals surface area contributed by atoms with Gasteiger partial charge in [0.1, 0.15) is 11.9 Å². The first kappa shape index (κ1) is 23.4. The third-order valence-electron chi connectivity index (χ3n) is 5.63. The van der Waals surface area contributed by atoms with E-state index in [1.54, 1.807) is 31.2 Å². The molecule has 1 unspecified atom stereocenters. The fourth-order valence-corrected chi connectivity index (χ4v) is 4.45. The molecule has 0 aromatic heterocycles. The van der Waals surface area contributed by atoms with Crippen molar-refractivity contribution in [1.29, 1.82) is 0 Å². The third kappa shape index (κ3) is 4.51. The Kier molecular flexibility index (Phi) is 6.14. The summed E-state index contributed by atoms with van der Waals surface area (Å²) in [5, 5.41) is 0. The molecule has 1 heterocycles. The minimum Gasteiger partial charge on any atom is -0.492 e. The fraction of sp³-hybridized carbons (Fsp3) is 0.200.